The SMILES string of the molecule is CN(C)Cc1ccccc1CNC(=O)c1ccccc1NS(=O)(=O)c1ccc(F)cc1. The summed E-state index contributed by atoms with van der Waals surface area (Å²) in [4.78, 5) is 14.8. The first-order valence-corrected chi connectivity index (χ1v) is 11.1. The fourth-order valence-electron chi connectivity index (χ4n) is 3.08. The van der Waals surface area contributed by atoms with Crippen LogP contribution in [0, 0.1) is 5.82 Å². The van der Waals surface area contributed by atoms with E-state index in [1.165, 1.54) is 18.2 Å². The van der Waals surface area contributed by atoms with Crippen LogP contribution in [-0.2, 0) is 23.1 Å². The highest BCUT2D eigenvalue weighted by atomic mass is 32.2. The summed E-state index contributed by atoms with van der Waals surface area (Å²) in [5.74, 6) is -0.940. The Morgan fingerprint density at radius 3 is 2.19 bits per heavy atom. The predicted molar refractivity (Wildman–Crippen MR) is 119 cm³/mol. The molecule has 0 spiro atoms. The molecule has 6 nitrogen and oxygen atoms in total. The molecule has 2 N–H and O–H groups in total. The van der Waals surface area contributed by atoms with E-state index in [2.05, 4.69) is 10.0 Å². The van der Waals surface area contributed by atoms with Crippen LogP contribution in [0.4, 0.5) is 10.1 Å². The summed E-state index contributed by atoms with van der Waals surface area (Å²) >= 11 is 0. The minimum atomic E-state index is -3.98. The highest BCUT2D eigenvalue weighted by Crippen LogP contribution is 2.21. The van der Waals surface area contributed by atoms with Gasteiger partial charge in [-0.15, -0.1) is 0 Å². The molecule has 0 aliphatic rings. The van der Waals surface area contributed by atoms with Crippen LogP contribution in [-0.4, -0.2) is 33.3 Å². The number of sulfonamides is 1. The molecule has 8 heteroatoms. The second-order valence-corrected chi connectivity index (χ2v) is 8.98. The van der Waals surface area contributed by atoms with Gasteiger partial charge in [-0.25, -0.2) is 12.8 Å². The van der Waals surface area contributed by atoms with Crippen LogP contribution in [0.3, 0.4) is 0 Å². The van der Waals surface area contributed by atoms with Crippen molar-refractivity contribution in [2.24, 2.45) is 0 Å². The van der Waals surface area contributed by atoms with E-state index in [1.54, 1.807) is 18.2 Å². The van der Waals surface area contributed by atoms with Crippen LogP contribution in [0.25, 0.3) is 0 Å². The molecule has 0 fully saturated rings. The van der Waals surface area contributed by atoms with Gasteiger partial charge in [0.25, 0.3) is 15.9 Å². The smallest absolute Gasteiger partial charge is 0.261 e. The Kier molecular flexibility index (Phi) is 7.04. The van der Waals surface area contributed by atoms with Gasteiger partial charge < -0.3 is 10.2 Å². The Morgan fingerprint density at radius 2 is 1.52 bits per heavy atom. The number of rotatable bonds is 8. The second kappa shape index (κ2) is 9.72. The van der Waals surface area contributed by atoms with Crippen molar-refractivity contribution in [1.29, 1.82) is 0 Å². The molecule has 0 bridgehead atoms. The maximum absolute atomic E-state index is 13.1. The van der Waals surface area contributed by atoms with Crippen LogP contribution in [0.5, 0.6) is 0 Å². The number of carbonyl (C=O) groups is 1. The van der Waals surface area contributed by atoms with Gasteiger partial charge in [-0.1, -0.05) is 36.4 Å². The van der Waals surface area contributed by atoms with Gasteiger partial charge in [0.15, 0.2) is 0 Å². The number of anilines is 1. The molecule has 3 aromatic rings. The summed E-state index contributed by atoms with van der Waals surface area (Å²) in [6.07, 6.45) is 0. The third-order valence-electron chi connectivity index (χ3n) is 4.58. The minimum absolute atomic E-state index is 0.0956. The fraction of sp³-hybridized carbons (Fsp3) is 0.174. The van der Waals surface area contributed by atoms with E-state index >= 15 is 0 Å². The number of para-hydroxylation sites is 1. The quantitative estimate of drug-likeness (QED) is 0.560. The molecule has 1 amide bonds. The standard InChI is InChI=1S/C23H24FN3O3S/c1-27(2)16-18-8-4-3-7-17(18)15-25-23(28)21-9-5-6-10-22(21)26-31(29,30)20-13-11-19(24)12-14-20/h3-14,26H,15-16H2,1-2H3,(H,25,28). The lowest BCUT2D eigenvalue weighted by Crippen LogP contribution is -2.26. The Bertz CT molecular complexity index is 1160. The zero-order valence-electron chi connectivity index (χ0n) is 17.3. The van der Waals surface area contributed by atoms with E-state index in [0.29, 0.717) is 6.54 Å². The third kappa shape index (κ3) is 5.90. The Morgan fingerprint density at radius 1 is 0.903 bits per heavy atom. The number of nitrogens with zero attached hydrogens (tertiary/aromatic N) is 1. The number of hydrogen-bond acceptors (Lipinski definition) is 4. The van der Waals surface area contributed by atoms with E-state index in [9.17, 15) is 17.6 Å². The van der Waals surface area contributed by atoms with Crippen molar-refractivity contribution in [2.75, 3.05) is 18.8 Å². The average molecular weight is 442 g/mol. The van der Waals surface area contributed by atoms with Crippen molar-refractivity contribution in [1.82, 2.24) is 10.2 Å². The fourth-order valence-corrected chi connectivity index (χ4v) is 4.16. The topological polar surface area (TPSA) is 78.5 Å². The minimum Gasteiger partial charge on any atom is -0.348 e. The number of amides is 1. The molecule has 0 aliphatic carbocycles. The van der Waals surface area contributed by atoms with Crippen molar-refractivity contribution < 1.29 is 17.6 Å². The van der Waals surface area contributed by atoms with Crippen LogP contribution in [0.2, 0.25) is 0 Å². The van der Waals surface area contributed by atoms with Crippen molar-refractivity contribution in [3.63, 3.8) is 0 Å². The van der Waals surface area contributed by atoms with E-state index < -0.39 is 21.7 Å². The van der Waals surface area contributed by atoms with Crippen molar-refractivity contribution >= 4 is 21.6 Å². The highest BCUT2D eigenvalue weighted by Gasteiger charge is 2.19. The Hall–Kier alpha value is -3.23. The van der Waals surface area contributed by atoms with Gasteiger partial charge >= 0.3 is 0 Å². The first-order valence-electron chi connectivity index (χ1n) is 9.63. The summed E-state index contributed by atoms with van der Waals surface area (Å²) in [5.41, 5.74) is 2.41. The maximum atomic E-state index is 13.1. The van der Waals surface area contributed by atoms with Gasteiger partial charge in [0, 0.05) is 13.1 Å². The number of carbonyl (C=O) groups excluding carboxylic acids is 1. The van der Waals surface area contributed by atoms with Gasteiger partial charge in [-0.05, 0) is 61.6 Å². The van der Waals surface area contributed by atoms with Crippen LogP contribution in [0.1, 0.15) is 21.5 Å². The lowest BCUT2D eigenvalue weighted by molar-refractivity contribution is 0.0951. The van der Waals surface area contributed by atoms with Crippen LogP contribution >= 0.6 is 0 Å². The molecular weight excluding hydrogens is 417 g/mol. The summed E-state index contributed by atoms with van der Waals surface area (Å²) in [6, 6.07) is 18.6. The number of hydrogen-bond donors (Lipinski definition) is 2. The maximum Gasteiger partial charge on any atom is 0.261 e. The molecule has 31 heavy (non-hydrogen) atoms. The number of nitrogens with one attached hydrogen (secondary N) is 2. The first kappa shape index (κ1) is 22.5. The van der Waals surface area contributed by atoms with Gasteiger partial charge in [0.2, 0.25) is 0 Å². The molecular formula is C23H24FN3O3S. The Labute approximate surface area is 181 Å². The van der Waals surface area contributed by atoms with E-state index in [4.69, 9.17) is 0 Å². The van der Waals surface area contributed by atoms with E-state index in [0.717, 1.165) is 29.8 Å². The van der Waals surface area contributed by atoms with Crippen LogP contribution < -0.4 is 10.0 Å². The molecule has 0 unspecified atom stereocenters. The summed E-state index contributed by atoms with van der Waals surface area (Å²) < 4.78 is 40.8. The average Bonchev–Trinajstić information content (AvgIpc) is 2.73. The molecule has 0 saturated carbocycles. The molecule has 3 aromatic carbocycles. The lowest BCUT2D eigenvalue weighted by Gasteiger charge is -2.16. The van der Waals surface area contributed by atoms with Crippen molar-refractivity contribution in [3.8, 4) is 0 Å². The molecule has 0 atom stereocenters. The summed E-state index contributed by atoms with van der Waals surface area (Å²) in [7, 11) is -0.0335. The van der Waals surface area contributed by atoms with Crippen LogP contribution in [0.15, 0.2) is 77.7 Å². The molecule has 0 radical (unpaired) electrons. The van der Waals surface area contributed by atoms with Gasteiger partial charge in [0.1, 0.15) is 5.82 Å². The second-order valence-electron chi connectivity index (χ2n) is 7.29. The van der Waals surface area contributed by atoms with Gasteiger partial charge in [-0.2, -0.15) is 0 Å². The number of halogens is 1. The number of benzene rings is 3. The molecule has 0 saturated heterocycles. The largest absolute Gasteiger partial charge is 0.348 e. The van der Waals surface area contributed by atoms with Gasteiger partial charge in [0.05, 0.1) is 16.1 Å². The molecule has 0 aliphatic heterocycles. The molecule has 0 aromatic heterocycles. The Balaban J connectivity index is 1.77. The van der Waals surface area contributed by atoms with Gasteiger partial charge in [-0.3, -0.25) is 9.52 Å². The van der Waals surface area contributed by atoms with Crippen molar-refractivity contribution in [2.45, 2.75) is 18.0 Å². The molecule has 0 heterocycles. The summed E-state index contributed by atoms with van der Waals surface area (Å²) in [6.45, 7) is 1.04. The molecule has 162 valence electrons. The monoisotopic (exact) mass is 441 g/mol. The third-order valence-corrected chi connectivity index (χ3v) is 5.97. The zero-order valence-corrected chi connectivity index (χ0v) is 18.1. The predicted octanol–water partition coefficient (Wildman–Crippen LogP) is 3.62. The summed E-state index contributed by atoms with van der Waals surface area (Å²) in [5, 5.41) is 2.86. The highest BCUT2D eigenvalue weighted by molar-refractivity contribution is 7.92. The van der Waals surface area contributed by atoms with E-state index in [-0.39, 0.29) is 16.1 Å². The lowest BCUT2D eigenvalue weighted by atomic mass is 10.1. The normalized spacial score (nSPS) is 11.4. The van der Waals surface area contributed by atoms with E-state index in [1.807, 2.05) is 43.3 Å². The first-order chi connectivity index (χ1) is 14.8. The molecule has 3 rings (SSSR count). The van der Waals surface area contributed by atoms with Crippen molar-refractivity contribution in [3.05, 3.63) is 95.3 Å². The zero-order chi connectivity index (χ0) is 22.4.